The van der Waals surface area contributed by atoms with Crippen LogP contribution in [0.15, 0.2) is 24.5 Å². The Hall–Kier alpha value is -1.07. The Morgan fingerprint density at radius 2 is 2.62 bits per heavy atom. The molecule has 2 N–H and O–H groups in total. The summed E-state index contributed by atoms with van der Waals surface area (Å²) in [7, 11) is 0. The van der Waals surface area contributed by atoms with Gasteiger partial charge in [0.2, 0.25) is 5.91 Å². The SMILES string of the molecule is CC(NC(=O)C1CSCN1)c1cccnc1. The molecule has 1 saturated heterocycles. The standard InChI is InChI=1S/C11H15N3OS/c1-8(9-3-2-4-12-5-9)14-11(15)10-6-16-7-13-10/h2-5,8,10,13H,6-7H2,1H3,(H,14,15). The molecule has 1 aliphatic heterocycles. The summed E-state index contributed by atoms with van der Waals surface area (Å²) >= 11 is 1.75. The van der Waals surface area contributed by atoms with Crippen LogP contribution >= 0.6 is 11.8 Å². The molecule has 16 heavy (non-hydrogen) atoms. The molecule has 1 aliphatic rings. The Labute approximate surface area is 99.2 Å². The highest BCUT2D eigenvalue weighted by Gasteiger charge is 2.23. The van der Waals surface area contributed by atoms with Crippen molar-refractivity contribution in [2.45, 2.75) is 19.0 Å². The van der Waals surface area contributed by atoms with Gasteiger partial charge in [-0.3, -0.25) is 15.1 Å². The fourth-order valence-corrected chi connectivity index (χ4v) is 2.53. The van der Waals surface area contributed by atoms with Gasteiger partial charge in [0.15, 0.2) is 0 Å². The van der Waals surface area contributed by atoms with Crippen molar-refractivity contribution >= 4 is 17.7 Å². The van der Waals surface area contributed by atoms with E-state index >= 15 is 0 Å². The van der Waals surface area contributed by atoms with Crippen molar-refractivity contribution in [3.63, 3.8) is 0 Å². The summed E-state index contributed by atoms with van der Waals surface area (Å²) in [5.41, 5.74) is 1.03. The molecule has 2 atom stereocenters. The predicted octanol–water partition coefficient (Wildman–Crippen LogP) is 0.921. The Morgan fingerprint density at radius 3 is 3.25 bits per heavy atom. The van der Waals surface area contributed by atoms with Crippen molar-refractivity contribution in [3.8, 4) is 0 Å². The van der Waals surface area contributed by atoms with Crippen LogP contribution in [0.3, 0.4) is 0 Å². The van der Waals surface area contributed by atoms with E-state index in [2.05, 4.69) is 15.6 Å². The molecule has 5 heteroatoms. The Morgan fingerprint density at radius 1 is 1.75 bits per heavy atom. The minimum absolute atomic E-state index is 0.00796. The Balaban J connectivity index is 1.92. The number of aromatic nitrogens is 1. The van der Waals surface area contributed by atoms with Gasteiger partial charge in [-0.25, -0.2) is 0 Å². The van der Waals surface area contributed by atoms with E-state index in [0.29, 0.717) is 0 Å². The molecule has 0 saturated carbocycles. The predicted molar refractivity (Wildman–Crippen MR) is 65.0 cm³/mol. The molecule has 2 unspecified atom stereocenters. The first-order valence-corrected chi connectivity index (χ1v) is 6.44. The normalized spacial score (nSPS) is 21.7. The van der Waals surface area contributed by atoms with Crippen molar-refractivity contribution in [3.05, 3.63) is 30.1 Å². The maximum absolute atomic E-state index is 11.8. The molecule has 2 rings (SSSR count). The van der Waals surface area contributed by atoms with E-state index in [0.717, 1.165) is 17.2 Å². The van der Waals surface area contributed by atoms with Gasteiger partial charge >= 0.3 is 0 Å². The second-order valence-electron chi connectivity index (χ2n) is 3.79. The molecule has 1 aromatic rings. The van der Waals surface area contributed by atoms with Gasteiger partial charge in [0.05, 0.1) is 12.1 Å². The van der Waals surface area contributed by atoms with E-state index in [9.17, 15) is 4.79 Å². The van der Waals surface area contributed by atoms with Crippen LogP contribution in [-0.4, -0.2) is 28.6 Å². The van der Waals surface area contributed by atoms with E-state index in [4.69, 9.17) is 0 Å². The highest BCUT2D eigenvalue weighted by atomic mass is 32.2. The average molecular weight is 237 g/mol. The van der Waals surface area contributed by atoms with E-state index in [-0.39, 0.29) is 18.0 Å². The summed E-state index contributed by atoms with van der Waals surface area (Å²) in [4.78, 5) is 15.9. The van der Waals surface area contributed by atoms with Crippen LogP contribution in [-0.2, 0) is 4.79 Å². The Kier molecular flexibility index (Phi) is 3.79. The third kappa shape index (κ3) is 2.74. The van der Waals surface area contributed by atoms with Gasteiger partial charge in [0.25, 0.3) is 0 Å². The number of thioether (sulfide) groups is 1. The van der Waals surface area contributed by atoms with Crippen molar-refractivity contribution in [2.75, 3.05) is 11.6 Å². The summed E-state index contributed by atoms with van der Waals surface area (Å²) in [6.07, 6.45) is 3.51. The second kappa shape index (κ2) is 5.32. The first-order chi connectivity index (χ1) is 7.77. The molecule has 0 aromatic carbocycles. The third-order valence-corrected chi connectivity index (χ3v) is 3.52. The molecule has 0 radical (unpaired) electrons. The lowest BCUT2D eigenvalue weighted by molar-refractivity contribution is -0.123. The molecular weight excluding hydrogens is 222 g/mol. The molecule has 0 spiro atoms. The Bertz CT molecular complexity index is 352. The first-order valence-electron chi connectivity index (χ1n) is 5.29. The number of amides is 1. The monoisotopic (exact) mass is 237 g/mol. The fraction of sp³-hybridized carbons (Fsp3) is 0.455. The summed E-state index contributed by atoms with van der Waals surface area (Å²) < 4.78 is 0. The van der Waals surface area contributed by atoms with Gasteiger partial charge < -0.3 is 5.32 Å². The minimum atomic E-state index is -0.0517. The van der Waals surface area contributed by atoms with Crippen LogP contribution < -0.4 is 10.6 Å². The molecule has 86 valence electrons. The zero-order valence-corrected chi connectivity index (χ0v) is 9.96. The third-order valence-electron chi connectivity index (χ3n) is 2.58. The van der Waals surface area contributed by atoms with E-state index < -0.39 is 0 Å². The molecule has 1 aromatic heterocycles. The summed E-state index contributed by atoms with van der Waals surface area (Å²) in [6, 6.07) is 3.80. The molecule has 4 nitrogen and oxygen atoms in total. The number of nitrogens with one attached hydrogen (secondary N) is 2. The number of carbonyl (C=O) groups is 1. The van der Waals surface area contributed by atoms with Gasteiger partial charge in [0.1, 0.15) is 0 Å². The fourth-order valence-electron chi connectivity index (χ4n) is 1.59. The number of hydrogen-bond donors (Lipinski definition) is 2. The summed E-state index contributed by atoms with van der Waals surface area (Å²) in [5, 5.41) is 6.13. The van der Waals surface area contributed by atoms with Crippen molar-refractivity contribution in [2.24, 2.45) is 0 Å². The van der Waals surface area contributed by atoms with E-state index in [1.807, 2.05) is 19.1 Å². The van der Waals surface area contributed by atoms with Crippen LogP contribution in [0.25, 0.3) is 0 Å². The zero-order valence-electron chi connectivity index (χ0n) is 9.14. The number of carbonyl (C=O) groups excluding carboxylic acids is 1. The maximum atomic E-state index is 11.8. The van der Waals surface area contributed by atoms with Crippen LogP contribution in [0.4, 0.5) is 0 Å². The zero-order chi connectivity index (χ0) is 11.4. The van der Waals surface area contributed by atoms with Gasteiger partial charge in [-0.05, 0) is 18.6 Å². The number of nitrogens with zero attached hydrogens (tertiary/aromatic N) is 1. The summed E-state index contributed by atoms with van der Waals surface area (Å²) in [5.74, 6) is 1.78. The minimum Gasteiger partial charge on any atom is -0.348 e. The second-order valence-corrected chi connectivity index (χ2v) is 4.82. The van der Waals surface area contributed by atoms with Crippen LogP contribution in [0.1, 0.15) is 18.5 Å². The topological polar surface area (TPSA) is 54.0 Å². The molecule has 1 amide bonds. The number of rotatable bonds is 3. The lowest BCUT2D eigenvalue weighted by atomic mass is 10.1. The first kappa shape index (κ1) is 11.4. The van der Waals surface area contributed by atoms with Gasteiger partial charge in [-0.15, -0.1) is 11.8 Å². The molecule has 1 fully saturated rings. The van der Waals surface area contributed by atoms with Crippen molar-refractivity contribution in [1.29, 1.82) is 0 Å². The smallest absolute Gasteiger partial charge is 0.238 e. The quantitative estimate of drug-likeness (QED) is 0.821. The van der Waals surface area contributed by atoms with Gasteiger partial charge in [0, 0.05) is 24.0 Å². The number of hydrogen-bond acceptors (Lipinski definition) is 4. The summed E-state index contributed by atoms with van der Waals surface area (Å²) in [6.45, 7) is 1.97. The van der Waals surface area contributed by atoms with Crippen molar-refractivity contribution < 1.29 is 4.79 Å². The van der Waals surface area contributed by atoms with E-state index in [1.165, 1.54) is 0 Å². The lowest BCUT2D eigenvalue weighted by Crippen LogP contribution is -2.42. The molecule has 0 bridgehead atoms. The van der Waals surface area contributed by atoms with Crippen LogP contribution in [0.2, 0.25) is 0 Å². The molecule has 2 heterocycles. The van der Waals surface area contributed by atoms with Crippen LogP contribution in [0.5, 0.6) is 0 Å². The highest BCUT2D eigenvalue weighted by Crippen LogP contribution is 2.13. The van der Waals surface area contributed by atoms with Gasteiger partial charge in [-0.2, -0.15) is 0 Å². The maximum Gasteiger partial charge on any atom is 0.238 e. The van der Waals surface area contributed by atoms with E-state index in [1.54, 1.807) is 24.2 Å². The molecule has 0 aliphatic carbocycles. The highest BCUT2D eigenvalue weighted by molar-refractivity contribution is 7.99. The number of pyridine rings is 1. The molecular formula is C11H15N3OS. The van der Waals surface area contributed by atoms with Gasteiger partial charge in [-0.1, -0.05) is 6.07 Å². The largest absolute Gasteiger partial charge is 0.348 e. The van der Waals surface area contributed by atoms with Crippen molar-refractivity contribution in [1.82, 2.24) is 15.6 Å². The lowest BCUT2D eigenvalue weighted by Gasteiger charge is -2.16. The van der Waals surface area contributed by atoms with Crippen LogP contribution in [0, 0.1) is 0 Å². The average Bonchev–Trinajstić information content (AvgIpc) is 2.83.